The van der Waals surface area contributed by atoms with Gasteiger partial charge in [0.15, 0.2) is 11.5 Å². The molecule has 0 fully saturated rings. The number of benzene rings is 2. The van der Waals surface area contributed by atoms with Crippen LogP contribution in [0.25, 0.3) is 0 Å². The minimum absolute atomic E-state index is 0.131. The van der Waals surface area contributed by atoms with Gasteiger partial charge in [-0.25, -0.2) is 4.98 Å². The van der Waals surface area contributed by atoms with E-state index in [2.05, 4.69) is 27.0 Å². The van der Waals surface area contributed by atoms with Gasteiger partial charge in [0, 0.05) is 37.5 Å². The van der Waals surface area contributed by atoms with Gasteiger partial charge in [0.25, 0.3) is 5.91 Å². The first-order valence-corrected chi connectivity index (χ1v) is 9.01. The van der Waals surface area contributed by atoms with E-state index in [0.29, 0.717) is 43.2 Å². The molecule has 6 nitrogen and oxygen atoms in total. The summed E-state index contributed by atoms with van der Waals surface area (Å²) in [6, 6.07) is 15.5. The number of imidazole rings is 1. The van der Waals surface area contributed by atoms with Gasteiger partial charge >= 0.3 is 0 Å². The lowest BCUT2D eigenvalue weighted by Crippen LogP contribution is -2.27. The van der Waals surface area contributed by atoms with Gasteiger partial charge in [0.05, 0.1) is 0 Å². The smallest absolute Gasteiger partial charge is 0.251 e. The van der Waals surface area contributed by atoms with Crippen LogP contribution >= 0.6 is 0 Å². The molecular formula is C21H21N3O3. The van der Waals surface area contributed by atoms with Crippen molar-refractivity contribution in [2.75, 3.05) is 19.8 Å². The van der Waals surface area contributed by atoms with Crippen molar-refractivity contribution >= 4 is 5.91 Å². The van der Waals surface area contributed by atoms with Gasteiger partial charge in [-0.2, -0.15) is 0 Å². The van der Waals surface area contributed by atoms with Crippen molar-refractivity contribution in [1.29, 1.82) is 0 Å². The summed E-state index contributed by atoms with van der Waals surface area (Å²) < 4.78 is 13.1. The highest BCUT2D eigenvalue weighted by Crippen LogP contribution is 2.30. The molecule has 0 spiro atoms. The van der Waals surface area contributed by atoms with E-state index in [-0.39, 0.29) is 5.91 Å². The van der Waals surface area contributed by atoms with Crippen LogP contribution in [-0.4, -0.2) is 35.2 Å². The van der Waals surface area contributed by atoms with Crippen LogP contribution in [-0.2, 0) is 13.0 Å². The Balaban J connectivity index is 1.34. The Kier molecular flexibility index (Phi) is 5.05. The number of fused-ring (bicyclic) bond motifs is 1. The quantitative estimate of drug-likeness (QED) is 0.731. The van der Waals surface area contributed by atoms with Gasteiger partial charge < -0.3 is 19.4 Å². The summed E-state index contributed by atoms with van der Waals surface area (Å²) in [5, 5.41) is 2.95. The number of nitrogens with one attached hydrogen (secondary N) is 1. The number of hydrogen-bond acceptors (Lipinski definition) is 4. The fraction of sp³-hybridized carbons (Fsp3) is 0.238. The molecule has 4 rings (SSSR count). The molecule has 0 unspecified atom stereocenters. The predicted octanol–water partition coefficient (Wildman–Crippen LogP) is 2.68. The van der Waals surface area contributed by atoms with Gasteiger partial charge in [0.1, 0.15) is 19.0 Å². The van der Waals surface area contributed by atoms with Crippen LogP contribution in [0.1, 0.15) is 21.7 Å². The molecule has 6 heteroatoms. The summed E-state index contributed by atoms with van der Waals surface area (Å²) in [7, 11) is 0. The van der Waals surface area contributed by atoms with Crippen molar-refractivity contribution in [2.45, 2.75) is 13.0 Å². The second-order valence-corrected chi connectivity index (χ2v) is 6.32. The van der Waals surface area contributed by atoms with Crippen LogP contribution in [0.15, 0.2) is 60.9 Å². The summed E-state index contributed by atoms with van der Waals surface area (Å²) in [4.78, 5) is 16.8. The minimum atomic E-state index is -0.131. The molecule has 1 amide bonds. The third-order valence-electron chi connectivity index (χ3n) is 4.44. The summed E-state index contributed by atoms with van der Waals surface area (Å²) in [5.41, 5.74) is 1.78. The maximum absolute atomic E-state index is 12.4. The van der Waals surface area contributed by atoms with Gasteiger partial charge in [0.2, 0.25) is 0 Å². The third-order valence-corrected chi connectivity index (χ3v) is 4.44. The van der Waals surface area contributed by atoms with Gasteiger partial charge in [-0.3, -0.25) is 4.79 Å². The zero-order chi connectivity index (χ0) is 18.5. The number of ether oxygens (including phenoxy) is 2. The predicted molar refractivity (Wildman–Crippen MR) is 101 cm³/mol. The van der Waals surface area contributed by atoms with Gasteiger partial charge in [-0.15, -0.1) is 0 Å². The molecule has 0 bridgehead atoms. The Morgan fingerprint density at radius 3 is 2.74 bits per heavy atom. The topological polar surface area (TPSA) is 65.4 Å². The molecule has 0 radical (unpaired) electrons. The van der Waals surface area contributed by atoms with Crippen molar-refractivity contribution in [3.63, 3.8) is 0 Å². The van der Waals surface area contributed by atoms with Crippen LogP contribution in [0.5, 0.6) is 11.5 Å². The van der Waals surface area contributed by atoms with Crippen LogP contribution in [0.3, 0.4) is 0 Å². The minimum Gasteiger partial charge on any atom is -0.486 e. The van der Waals surface area contributed by atoms with E-state index in [9.17, 15) is 4.79 Å². The van der Waals surface area contributed by atoms with E-state index in [1.165, 1.54) is 5.56 Å². The molecule has 1 aromatic heterocycles. The van der Waals surface area contributed by atoms with E-state index >= 15 is 0 Å². The van der Waals surface area contributed by atoms with Crippen molar-refractivity contribution in [3.05, 3.63) is 77.9 Å². The molecule has 1 N–H and O–H groups in total. The number of nitrogens with zero attached hydrogens (tertiary/aromatic N) is 2. The summed E-state index contributed by atoms with van der Waals surface area (Å²) >= 11 is 0. The average Bonchev–Trinajstić information content (AvgIpc) is 3.15. The lowest BCUT2D eigenvalue weighted by Gasteiger charge is -2.18. The van der Waals surface area contributed by atoms with E-state index in [1.807, 2.05) is 24.4 Å². The van der Waals surface area contributed by atoms with Crippen LogP contribution < -0.4 is 14.8 Å². The standard InChI is InChI=1S/C21H21N3O3/c25-21(17-6-7-18-19(14-17)27-13-12-26-18)23-9-8-20-22-10-11-24(20)15-16-4-2-1-3-5-16/h1-7,10-11,14H,8-9,12-13,15H2,(H,23,25). The zero-order valence-electron chi connectivity index (χ0n) is 14.9. The monoisotopic (exact) mass is 363 g/mol. The lowest BCUT2D eigenvalue weighted by atomic mass is 10.2. The SMILES string of the molecule is O=C(NCCc1nccn1Cc1ccccc1)c1ccc2c(c1)OCCO2. The first-order chi connectivity index (χ1) is 13.3. The molecule has 138 valence electrons. The molecule has 2 heterocycles. The summed E-state index contributed by atoms with van der Waals surface area (Å²) in [6.45, 7) is 2.32. The summed E-state index contributed by atoms with van der Waals surface area (Å²) in [6.07, 6.45) is 4.42. The second kappa shape index (κ2) is 7.95. The Morgan fingerprint density at radius 1 is 1.07 bits per heavy atom. The Labute approximate surface area is 157 Å². The van der Waals surface area contributed by atoms with E-state index < -0.39 is 0 Å². The third kappa shape index (κ3) is 4.11. The Morgan fingerprint density at radius 2 is 1.89 bits per heavy atom. The van der Waals surface area contributed by atoms with E-state index in [4.69, 9.17) is 9.47 Å². The van der Waals surface area contributed by atoms with Crippen molar-refractivity contribution in [3.8, 4) is 11.5 Å². The van der Waals surface area contributed by atoms with Crippen molar-refractivity contribution in [1.82, 2.24) is 14.9 Å². The number of carbonyl (C=O) groups excluding carboxylic acids is 1. The average molecular weight is 363 g/mol. The summed E-state index contributed by atoms with van der Waals surface area (Å²) in [5.74, 6) is 2.11. The fourth-order valence-corrected chi connectivity index (χ4v) is 3.07. The Hall–Kier alpha value is -3.28. The van der Waals surface area contributed by atoms with E-state index in [1.54, 1.807) is 24.4 Å². The Bertz CT molecular complexity index is 921. The maximum atomic E-state index is 12.4. The largest absolute Gasteiger partial charge is 0.486 e. The number of amides is 1. The molecule has 1 aliphatic heterocycles. The molecule has 0 aliphatic carbocycles. The highest BCUT2D eigenvalue weighted by atomic mass is 16.6. The molecule has 2 aromatic carbocycles. The van der Waals surface area contributed by atoms with Crippen LogP contribution in [0, 0.1) is 0 Å². The first kappa shape index (κ1) is 17.1. The molecule has 1 aliphatic rings. The number of carbonyl (C=O) groups is 1. The normalized spacial score (nSPS) is 12.6. The number of hydrogen-bond donors (Lipinski definition) is 1. The van der Waals surface area contributed by atoms with Gasteiger partial charge in [-0.05, 0) is 23.8 Å². The number of rotatable bonds is 6. The van der Waals surface area contributed by atoms with Gasteiger partial charge in [-0.1, -0.05) is 30.3 Å². The number of aromatic nitrogens is 2. The zero-order valence-corrected chi connectivity index (χ0v) is 14.9. The first-order valence-electron chi connectivity index (χ1n) is 9.01. The molecule has 0 saturated carbocycles. The van der Waals surface area contributed by atoms with Crippen molar-refractivity contribution < 1.29 is 14.3 Å². The molecule has 27 heavy (non-hydrogen) atoms. The van der Waals surface area contributed by atoms with Crippen molar-refractivity contribution in [2.24, 2.45) is 0 Å². The molecular weight excluding hydrogens is 342 g/mol. The van der Waals surface area contributed by atoms with Crippen LogP contribution in [0.2, 0.25) is 0 Å². The van der Waals surface area contributed by atoms with Crippen LogP contribution in [0.4, 0.5) is 0 Å². The van der Waals surface area contributed by atoms with E-state index in [0.717, 1.165) is 12.4 Å². The highest BCUT2D eigenvalue weighted by molar-refractivity contribution is 5.94. The molecule has 0 atom stereocenters. The maximum Gasteiger partial charge on any atom is 0.251 e. The lowest BCUT2D eigenvalue weighted by molar-refractivity contribution is 0.0952. The highest BCUT2D eigenvalue weighted by Gasteiger charge is 2.15. The second-order valence-electron chi connectivity index (χ2n) is 6.32. The molecule has 3 aromatic rings. The fourth-order valence-electron chi connectivity index (χ4n) is 3.07. The molecule has 0 saturated heterocycles.